The lowest BCUT2D eigenvalue weighted by Gasteiger charge is -2.13. The van der Waals surface area contributed by atoms with Gasteiger partial charge in [0.25, 0.3) is 0 Å². The van der Waals surface area contributed by atoms with Gasteiger partial charge in [0.2, 0.25) is 0 Å². The van der Waals surface area contributed by atoms with Crippen LogP contribution < -0.4 is 20.1 Å². The van der Waals surface area contributed by atoms with Crippen molar-refractivity contribution in [3.05, 3.63) is 46.7 Å². The smallest absolute Gasteiger partial charge is 0.406 e. The minimum Gasteiger partial charge on any atom is -0.493 e. The normalized spacial score (nSPS) is 11.6. The number of aromatic nitrogens is 3. The van der Waals surface area contributed by atoms with Gasteiger partial charge in [-0.15, -0.1) is 0 Å². The Kier molecular flexibility index (Phi) is 10.6. The summed E-state index contributed by atoms with van der Waals surface area (Å²) in [5.41, 5.74) is 4.78. The van der Waals surface area contributed by atoms with Crippen LogP contribution in [-0.2, 0) is 25.4 Å². The minimum absolute atomic E-state index is 0.366. The molecule has 0 unspecified atom stereocenters. The van der Waals surface area contributed by atoms with Gasteiger partial charge >= 0.3 is 6.09 Å². The summed E-state index contributed by atoms with van der Waals surface area (Å²) in [5.74, 6) is 1.99. The van der Waals surface area contributed by atoms with Crippen LogP contribution in [0.3, 0.4) is 0 Å². The highest BCUT2D eigenvalue weighted by Crippen LogP contribution is 2.44. The maximum Gasteiger partial charge on any atom is 0.406 e. The fourth-order valence-corrected chi connectivity index (χ4v) is 4.13. The molecule has 0 saturated carbocycles. The zero-order valence-corrected chi connectivity index (χ0v) is 22.6. The first-order chi connectivity index (χ1) is 19.1. The van der Waals surface area contributed by atoms with Gasteiger partial charge < -0.3 is 39.1 Å². The number of halogens is 1. The van der Waals surface area contributed by atoms with Crippen LogP contribution in [-0.4, -0.2) is 88.3 Å². The number of aromatic amines is 1. The van der Waals surface area contributed by atoms with E-state index in [-0.39, 0.29) is 0 Å². The number of fused-ring (bicyclic) bond motifs is 3. The van der Waals surface area contributed by atoms with Crippen LogP contribution in [0.1, 0.15) is 11.1 Å². The fraction of sp³-hybridized carbons (Fsp3) is 0.423. The molecule has 1 aromatic carbocycles. The third-order valence-electron chi connectivity index (χ3n) is 5.84. The molecule has 39 heavy (non-hydrogen) atoms. The fourth-order valence-electron chi connectivity index (χ4n) is 3.96. The zero-order valence-electron chi connectivity index (χ0n) is 21.9. The second-order valence-electron chi connectivity index (χ2n) is 8.33. The highest BCUT2D eigenvalue weighted by molar-refractivity contribution is 6.32. The quantitative estimate of drug-likeness (QED) is 0.137. The van der Waals surface area contributed by atoms with Gasteiger partial charge in [-0.2, -0.15) is 5.10 Å². The molecule has 0 bridgehead atoms. The predicted octanol–water partition coefficient (Wildman–Crippen LogP) is 3.57. The molecule has 1 aliphatic carbocycles. The molecular formula is C26H32ClN5O7. The van der Waals surface area contributed by atoms with Crippen LogP contribution in [0.5, 0.6) is 11.5 Å². The molecule has 0 aliphatic heterocycles. The van der Waals surface area contributed by atoms with E-state index in [1.165, 1.54) is 7.11 Å². The Hall–Kier alpha value is -3.58. The molecule has 0 atom stereocenters. The number of anilines is 2. The maximum atomic E-state index is 10.9. The number of hydrogen-bond acceptors (Lipinski definition) is 10. The SMILES string of the molecule is COC(=O)NCCOCCOCCOCCOc1cc2c(cc1OC)-c1[nH]nc(Nc3cccnc3Cl)c1C2. The number of pyridine rings is 1. The summed E-state index contributed by atoms with van der Waals surface area (Å²) >= 11 is 6.20. The highest BCUT2D eigenvalue weighted by atomic mass is 35.5. The molecule has 4 rings (SSSR count). The van der Waals surface area contributed by atoms with Crippen molar-refractivity contribution in [1.29, 1.82) is 0 Å². The van der Waals surface area contributed by atoms with Gasteiger partial charge in [-0.1, -0.05) is 11.6 Å². The standard InChI is InChI=1S/C26H32ClN5O7/c1-34-21-16-18-17(14-19-23(18)31-32-25(19)30-20-4-3-5-28-24(20)27)15-22(21)39-13-12-38-11-10-37-9-8-36-7-6-29-26(33)35-2/h3-5,15-16H,6-14H2,1-2H3,(H,29,33)(H2,30,31,32). The van der Waals surface area contributed by atoms with Crippen molar-refractivity contribution in [2.75, 3.05) is 72.3 Å². The second kappa shape index (κ2) is 14.5. The molecule has 0 fully saturated rings. The lowest BCUT2D eigenvalue weighted by Crippen LogP contribution is -2.27. The van der Waals surface area contributed by atoms with Gasteiger partial charge in [-0.25, -0.2) is 9.78 Å². The zero-order chi connectivity index (χ0) is 27.5. The van der Waals surface area contributed by atoms with Crippen molar-refractivity contribution in [2.24, 2.45) is 0 Å². The molecule has 2 heterocycles. The van der Waals surface area contributed by atoms with E-state index in [1.54, 1.807) is 13.3 Å². The van der Waals surface area contributed by atoms with Crippen molar-refractivity contribution < 1.29 is 33.2 Å². The van der Waals surface area contributed by atoms with Crippen LogP contribution >= 0.6 is 11.6 Å². The molecule has 3 N–H and O–H groups in total. The van der Waals surface area contributed by atoms with Gasteiger partial charge in [0.1, 0.15) is 6.61 Å². The molecule has 2 aromatic heterocycles. The van der Waals surface area contributed by atoms with Gasteiger partial charge in [-0.05, 0) is 29.8 Å². The topological polar surface area (TPSA) is 138 Å². The molecule has 0 radical (unpaired) electrons. The molecule has 0 spiro atoms. The second-order valence-corrected chi connectivity index (χ2v) is 8.69. The third-order valence-corrected chi connectivity index (χ3v) is 6.14. The van der Waals surface area contributed by atoms with Gasteiger partial charge in [0.05, 0.1) is 65.2 Å². The van der Waals surface area contributed by atoms with Crippen molar-refractivity contribution in [3.8, 4) is 22.8 Å². The minimum atomic E-state index is -0.479. The first-order valence-electron chi connectivity index (χ1n) is 12.4. The number of carbonyl (C=O) groups is 1. The van der Waals surface area contributed by atoms with Gasteiger partial charge in [-0.3, -0.25) is 5.10 Å². The number of H-pyrrole nitrogens is 1. The number of methoxy groups -OCH3 is 2. The van der Waals surface area contributed by atoms with Crippen molar-refractivity contribution >= 4 is 29.2 Å². The Bertz CT molecular complexity index is 1240. The van der Waals surface area contributed by atoms with Crippen LogP contribution in [0, 0.1) is 0 Å². The van der Waals surface area contributed by atoms with Crippen LogP contribution in [0.15, 0.2) is 30.5 Å². The van der Waals surface area contributed by atoms with E-state index < -0.39 is 6.09 Å². The van der Waals surface area contributed by atoms with Crippen LogP contribution in [0.25, 0.3) is 11.3 Å². The molecule has 13 heteroatoms. The lowest BCUT2D eigenvalue weighted by atomic mass is 10.1. The lowest BCUT2D eigenvalue weighted by molar-refractivity contribution is 0.00974. The first-order valence-corrected chi connectivity index (χ1v) is 12.8. The number of benzene rings is 1. The Morgan fingerprint density at radius 3 is 2.49 bits per heavy atom. The first kappa shape index (κ1) is 28.4. The molecule has 1 aliphatic rings. The number of nitrogens with zero attached hydrogens (tertiary/aromatic N) is 2. The summed E-state index contributed by atoms with van der Waals surface area (Å²) in [6.07, 6.45) is 1.84. The summed E-state index contributed by atoms with van der Waals surface area (Å²) < 4.78 is 32.4. The Labute approximate surface area is 231 Å². The Balaban J connectivity index is 1.17. The summed E-state index contributed by atoms with van der Waals surface area (Å²) in [6.45, 7) is 3.29. The average Bonchev–Trinajstić information content (AvgIpc) is 3.50. The summed E-state index contributed by atoms with van der Waals surface area (Å²) in [6, 6.07) is 7.62. The van der Waals surface area contributed by atoms with E-state index in [4.69, 9.17) is 35.3 Å². The summed E-state index contributed by atoms with van der Waals surface area (Å²) in [5, 5.41) is 13.7. The number of amides is 1. The Morgan fingerprint density at radius 1 is 1.03 bits per heavy atom. The van der Waals surface area contributed by atoms with Crippen LogP contribution in [0.4, 0.5) is 16.3 Å². The van der Waals surface area contributed by atoms with E-state index in [2.05, 4.69) is 30.6 Å². The number of carbonyl (C=O) groups excluding carboxylic acids is 1. The molecule has 0 saturated heterocycles. The predicted molar refractivity (Wildman–Crippen MR) is 144 cm³/mol. The van der Waals surface area contributed by atoms with E-state index in [0.29, 0.717) is 87.4 Å². The summed E-state index contributed by atoms with van der Waals surface area (Å²) in [7, 11) is 2.93. The summed E-state index contributed by atoms with van der Waals surface area (Å²) in [4.78, 5) is 15.0. The van der Waals surface area contributed by atoms with Crippen molar-refractivity contribution in [2.45, 2.75) is 6.42 Å². The number of alkyl carbamates (subject to hydrolysis) is 1. The Morgan fingerprint density at radius 2 is 1.77 bits per heavy atom. The van der Waals surface area contributed by atoms with Crippen LogP contribution in [0.2, 0.25) is 5.15 Å². The van der Waals surface area contributed by atoms with Gasteiger partial charge in [0.15, 0.2) is 22.5 Å². The van der Waals surface area contributed by atoms with E-state index in [9.17, 15) is 4.79 Å². The molecular weight excluding hydrogens is 530 g/mol. The molecule has 3 aromatic rings. The van der Waals surface area contributed by atoms with Crippen molar-refractivity contribution in [3.63, 3.8) is 0 Å². The largest absolute Gasteiger partial charge is 0.493 e. The van der Waals surface area contributed by atoms with E-state index >= 15 is 0 Å². The molecule has 210 valence electrons. The number of rotatable bonds is 16. The molecule has 12 nitrogen and oxygen atoms in total. The third kappa shape index (κ3) is 7.73. The number of nitrogens with one attached hydrogen (secondary N) is 3. The molecule has 1 amide bonds. The monoisotopic (exact) mass is 561 g/mol. The van der Waals surface area contributed by atoms with E-state index in [1.807, 2.05) is 24.3 Å². The highest BCUT2D eigenvalue weighted by Gasteiger charge is 2.27. The average molecular weight is 562 g/mol. The number of hydrogen-bond donors (Lipinski definition) is 3. The van der Waals surface area contributed by atoms with Gasteiger partial charge in [0, 0.05) is 30.3 Å². The maximum absolute atomic E-state index is 10.9. The number of ether oxygens (including phenoxy) is 6. The van der Waals surface area contributed by atoms with E-state index in [0.717, 1.165) is 22.4 Å². The van der Waals surface area contributed by atoms with Crippen molar-refractivity contribution in [1.82, 2.24) is 20.5 Å².